The molecule has 0 spiro atoms. The van der Waals surface area contributed by atoms with Crippen molar-refractivity contribution in [3.63, 3.8) is 0 Å². The number of nitrogens with one attached hydrogen (secondary N) is 1. The van der Waals surface area contributed by atoms with Crippen LogP contribution in [0.25, 0.3) is 0 Å². The molecule has 0 aliphatic rings. The SMILES string of the molecule is CNC(=O)CSc1ncnc(Cl)c1Br. The number of rotatable bonds is 3. The van der Waals surface area contributed by atoms with E-state index in [1.807, 2.05) is 0 Å². The van der Waals surface area contributed by atoms with Crippen LogP contribution in [0.1, 0.15) is 0 Å². The van der Waals surface area contributed by atoms with Crippen LogP contribution in [0.5, 0.6) is 0 Å². The largest absolute Gasteiger partial charge is 0.358 e. The highest BCUT2D eigenvalue weighted by molar-refractivity contribution is 9.10. The highest BCUT2D eigenvalue weighted by atomic mass is 79.9. The van der Waals surface area contributed by atoms with E-state index in [1.54, 1.807) is 7.05 Å². The van der Waals surface area contributed by atoms with Gasteiger partial charge in [0.15, 0.2) is 0 Å². The van der Waals surface area contributed by atoms with Crippen molar-refractivity contribution in [3.8, 4) is 0 Å². The topological polar surface area (TPSA) is 54.9 Å². The number of hydrogen-bond acceptors (Lipinski definition) is 4. The summed E-state index contributed by atoms with van der Waals surface area (Å²) in [7, 11) is 1.59. The summed E-state index contributed by atoms with van der Waals surface area (Å²) in [5.41, 5.74) is 0. The standard InChI is InChI=1S/C7H7BrClN3OS/c1-10-4(13)2-14-7-5(8)6(9)11-3-12-7/h3H,2H2,1H3,(H,10,13). The molecule has 0 unspecified atom stereocenters. The van der Waals surface area contributed by atoms with Gasteiger partial charge >= 0.3 is 0 Å². The fraction of sp³-hybridized carbons (Fsp3) is 0.286. The van der Waals surface area contributed by atoms with Crippen molar-refractivity contribution < 1.29 is 4.79 Å². The van der Waals surface area contributed by atoms with E-state index in [4.69, 9.17) is 11.6 Å². The van der Waals surface area contributed by atoms with Crippen molar-refractivity contribution in [2.45, 2.75) is 5.03 Å². The number of aromatic nitrogens is 2. The summed E-state index contributed by atoms with van der Waals surface area (Å²) in [4.78, 5) is 18.7. The van der Waals surface area contributed by atoms with Gasteiger partial charge in [-0.05, 0) is 15.9 Å². The van der Waals surface area contributed by atoms with E-state index in [2.05, 4.69) is 31.2 Å². The Balaban J connectivity index is 2.68. The van der Waals surface area contributed by atoms with E-state index in [0.717, 1.165) is 0 Å². The Bertz CT molecular complexity index is 350. The third-order valence-electron chi connectivity index (χ3n) is 1.33. The van der Waals surface area contributed by atoms with Crippen LogP contribution in [-0.4, -0.2) is 28.7 Å². The fourth-order valence-corrected chi connectivity index (χ4v) is 2.13. The van der Waals surface area contributed by atoms with Gasteiger partial charge in [-0.25, -0.2) is 9.97 Å². The van der Waals surface area contributed by atoms with Gasteiger partial charge < -0.3 is 5.32 Å². The van der Waals surface area contributed by atoms with Crippen molar-refractivity contribution in [1.82, 2.24) is 15.3 Å². The monoisotopic (exact) mass is 295 g/mol. The summed E-state index contributed by atoms with van der Waals surface area (Å²) in [6.45, 7) is 0. The Morgan fingerprint density at radius 1 is 1.71 bits per heavy atom. The molecule has 76 valence electrons. The van der Waals surface area contributed by atoms with E-state index < -0.39 is 0 Å². The lowest BCUT2D eigenvalue weighted by molar-refractivity contribution is -0.118. The minimum absolute atomic E-state index is 0.0587. The molecule has 14 heavy (non-hydrogen) atoms. The lowest BCUT2D eigenvalue weighted by Gasteiger charge is -2.02. The van der Waals surface area contributed by atoms with Crippen LogP contribution in [0.4, 0.5) is 0 Å². The van der Waals surface area contributed by atoms with Crippen molar-refractivity contribution in [3.05, 3.63) is 16.0 Å². The van der Waals surface area contributed by atoms with Gasteiger partial charge in [0.25, 0.3) is 0 Å². The van der Waals surface area contributed by atoms with Crippen LogP contribution in [-0.2, 0) is 4.79 Å². The van der Waals surface area contributed by atoms with Gasteiger partial charge in [-0.2, -0.15) is 0 Å². The van der Waals surface area contributed by atoms with Gasteiger partial charge in [0.2, 0.25) is 5.91 Å². The first-order valence-electron chi connectivity index (χ1n) is 3.64. The Morgan fingerprint density at radius 2 is 2.43 bits per heavy atom. The molecular weight excluding hydrogens is 290 g/mol. The quantitative estimate of drug-likeness (QED) is 0.682. The smallest absolute Gasteiger partial charge is 0.230 e. The number of amides is 1. The maximum absolute atomic E-state index is 11.0. The highest BCUT2D eigenvalue weighted by Crippen LogP contribution is 2.29. The van der Waals surface area contributed by atoms with Crippen molar-refractivity contribution in [1.29, 1.82) is 0 Å². The van der Waals surface area contributed by atoms with Crippen molar-refractivity contribution in [2.24, 2.45) is 0 Å². The van der Waals surface area contributed by atoms with Gasteiger partial charge in [-0.3, -0.25) is 4.79 Å². The van der Waals surface area contributed by atoms with Gasteiger partial charge in [-0.15, -0.1) is 0 Å². The minimum atomic E-state index is -0.0587. The molecular formula is C7H7BrClN3OS. The third kappa shape index (κ3) is 3.11. The van der Waals surface area contributed by atoms with E-state index in [0.29, 0.717) is 20.4 Å². The molecule has 0 fully saturated rings. The average Bonchev–Trinajstić information content (AvgIpc) is 2.20. The average molecular weight is 297 g/mol. The van der Waals surface area contributed by atoms with Crippen LogP contribution in [0.2, 0.25) is 5.15 Å². The zero-order valence-electron chi connectivity index (χ0n) is 7.25. The predicted molar refractivity (Wildman–Crippen MR) is 59.5 cm³/mol. The molecule has 1 aromatic rings. The summed E-state index contributed by atoms with van der Waals surface area (Å²) >= 11 is 10.3. The molecule has 1 N–H and O–H groups in total. The first kappa shape index (κ1) is 11.7. The highest BCUT2D eigenvalue weighted by Gasteiger charge is 2.08. The van der Waals surface area contributed by atoms with Crippen LogP contribution >= 0.6 is 39.3 Å². The van der Waals surface area contributed by atoms with Gasteiger partial charge in [0, 0.05) is 7.05 Å². The Kier molecular flexibility index (Phi) is 4.64. The summed E-state index contributed by atoms with van der Waals surface area (Å²) in [5, 5.41) is 3.53. The van der Waals surface area contributed by atoms with Crippen molar-refractivity contribution in [2.75, 3.05) is 12.8 Å². The molecule has 1 heterocycles. The lowest BCUT2D eigenvalue weighted by Crippen LogP contribution is -2.19. The van der Waals surface area contributed by atoms with Gasteiger partial charge in [0.05, 0.1) is 10.2 Å². The second-order valence-electron chi connectivity index (χ2n) is 2.25. The Hall–Kier alpha value is -0.330. The molecule has 0 saturated carbocycles. The first-order chi connectivity index (χ1) is 6.65. The summed E-state index contributed by atoms with van der Waals surface area (Å²) in [6, 6.07) is 0. The summed E-state index contributed by atoms with van der Waals surface area (Å²) in [5.74, 6) is 0.249. The van der Waals surface area contributed by atoms with Crippen LogP contribution in [0, 0.1) is 0 Å². The number of halogens is 2. The number of carbonyl (C=O) groups excluding carboxylic acids is 1. The first-order valence-corrected chi connectivity index (χ1v) is 5.80. The van der Waals surface area contributed by atoms with Crippen LogP contribution in [0.3, 0.4) is 0 Å². The number of thioether (sulfide) groups is 1. The number of nitrogens with zero attached hydrogens (tertiary/aromatic N) is 2. The molecule has 7 heteroatoms. The maximum atomic E-state index is 11.0. The van der Waals surface area contributed by atoms with Crippen molar-refractivity contribution >= 4 is 45.2 Å². The zero-order valence-corrected chi connectivity index (χ0v) is 10.4. The van der Waals surface area contributed by atoms with E-state index in [1.165, 1.54) is 18.1 Å². The summed E-state index contributed by atoms with van der Waals surface area (Å²) in [6.07, 6.45) is 1.36. The predicted octanol–water partition coefficient (Wildman–Crippen LogP) is 1.73. The molecule has 1 amide bonds. The molecule has 1 aromatic heterocycles. The van der Waals surface area contributed by atoms with Crippen LogP contribution < -0.4 is 5.32 Å². The number of carbonyl (C=O) groups is 1. The molecule has 0 aliphatic heterocycles. The Labute approximate surface area is 99.0 Å². The molecule has 0 atom stereocenters. The maximum Gasteiger partial charge on any atom is 0.230 e. The molecule has 0 bridgehead atoms. The molecule has 0 saturated heterocycles. The Morgan fingerprint density at radius 3 is 3.07 bits per heavy atom. The molecule has 0 radical (unpaired) electrons. The summed E-state index contributed by atoms with van der Waals surface area (Å²) < 4.78 is 0.621. The third-order valence-corrected chi connectivity index (χ3v) is 3.85. The van der Waals surface area contributed by atoms with E-state index >= 15 is 0 Å². The molecule has 1 rings (SSSR count). The second-order valence-corrected chi connectivity index (χ2v) is 4.36. The van der Waals surface area contributed by atoms with Gasteiger partial charge in [-0.1, -0.05) is 23.4 Å². The van der Waals surface area contributed by atoms with Gasteiger partial charge in [0.1, 0.15) is 16.5 Å². The fourth-order valence-electron chi connectivity index (χ4n) is 0.640. The normalized spacial score (nSPS) is 9.93. The zero-order chi connectivity index (χ0) is 10.6. The molecule has 0 aliphatic carbocycles. The van der Waals surface area contributed by atoms with Crippen LogP contribution in [0.15, 0.2) is 15.8 Å². The number of hydrogen-bond donors (Lipinski definition) is 1. The van der Waals surface area contributed by atoms with E-state index in [9.17, 15) is 4.79 Å². The lowest BCUT2D eigenvalue weighted by atomic mass is 10.7. The molecule has 4 nitrogen and oxygen atoms in total. The molecule has 0 aromatic carbocycles. The second kappa shape index (κ2) is 5.53. The minimum Gasteiger partial charge on any atom is -0.358 e. The van der Waals surface area contributed by atoms with E-state index in [-0.39, 0.29) is 5.91 Å².